The van der Waals surface area contributed by atoms with Crippen molar-refractivity contribution >= 4 is 21.8 Å². The summed E-state index contributed by atoms with van der Waals surface area (Å²) in [7, 11) is 0.382. The highest BCUT2D eigenvalue weighted by Gasteiger charge is 2.39. The molecule has 112 valence electrons. The van der Waals surface area contributed by atoms with Crippen LogP contribution in [0.2, 0.25) is 0 Å². The molecule has 7 heteroatoms. The van der Waals surface area contributed by atoms with Crippen LogP contribution in [0.3, 0.4) is 0 Å². The van der Waals surface area contributed by atoms with Gasteiger partial charge in [-0.05, 0) is 44.6 Å². The number of rotatable bonds is 4. The van der Waals surface area contributed by atoms with E-state index in [1.807, 2.05) is 20.4 Å². The average molecular weight is 318 g/mol. The zero-order valence-corrected chi connectivity index (χ0v) is 13.4. The Morgan fingerprint density at radius 3 is 2.30 bits per heavy atom. The molecule has 0 spiro atoms. The first kappa shape index (κ1) is 15.8. The monoisotopic (exact) mass is 318 g/mol. The number of thioether (sulfide) groups is 1. The number of benzene rings is 1. The Morgan fingerprint density at radius 1 is 1.25 bits per heavy atom. The Hall–Kier alpha value is -0.630. The molecule has 1 heterocycles. The van der Waals surface area contributed by atoms with Crippen molar-refractivity contribution in [3.05, 3.63) is 30.1 Å². The smallest absolute Gasteiger partial charge is 0.243 e. The highest BCUT2D eigenvalue weighted by molar-refractivity contribution is 7.99. The first-order valence-corrected chi connectivity index (χ1v) is 9.04. The maximum absolute atomic E-state index is 12.9. The minimum absolute atomic E-state index is 0.151. The van der Waals surface area contributed by atoms with Crippen LogP contribution in [0.5, 0.6) is 0 Å². The second-order valence-electron chi connectivity index (χ2n) is 5.08. The van der Waals surface area contributed by atoms with Gasteiger partial charge in [-0.15, -0.1) is 0 Å². The number of sulfonamides is 1. The lowest BCUT2D eigenvalue weighted by Crippen LogP contribution is -2.37. The summed E-state index contributed by atoms with van der Waals surface area (Å²) in [6, 6.07) is 5.20. The van der Waals surface area contributed by atoms with Gasteiger partial charge in [0.05, 0.1) is 4.90 Å². The molecule has 0 radical (unpaired) electrons. The van der Waals surface area contributed by atoms with Crippen LogP contribution in [0.1, 0.15) is 0 Å². The number of halogens is 1. The Balaban J connectivity index is 2.25. The van der Waals surface area contributed by atoms with Gasteiger partial charge in [0.15, 0.2) is 0 Å². The summed E-state index contributed by atoms with van der Waals surface area (Å²) >= 11 is 1.68. The van der Waals surface area contributed by atoms with Crippen LogP contribution in [0.15, 0.2) is 29.2 Å². The van der Waals surface area contributed by atoms with Crippen LogP contribution in [0, 0.1) is 5.82 Å². The van der Waals surface area contributed by atoms with E-state index in [0.29, 0.717) is 13.1 Å². The van der Waals surface area contributed by atoms with E-state index < -0.39 is 15.8 Å². The first-order chi connectivity index (χ1) is 9.36. The minimum Gasteiger partial charge on any atom is -0.304 e. The minimum atomic E-state index is -3.54. The maximum atomic E-state index is 12.9. The Morgan fingerprint density at radius 2 is 1.85 bits per heavy atom. The van der Waals surface area contributed by atoms with E-state index in [1.54, 1.807) is 11.8 Å². The zero-order chi connectivity index (χ0) is 14.9. The standard InChI is InChI=1S/C13H19FN2O2S2/c1-15(2)12-8-16(9-13(12)19-3)20(17,18)11-6-4-10(14)5-7-11/h4-7,12-13H,8-9H2,1-3H3/t12-,13+/m0/s1. The zero-order valence-electron chi connectivity index (χ0n) is 11.8. The fourth-order valence-corrected chi connectivity index (χ4v) is 4.95. The Labute approximate surface area is 124 Å². The third-order valence-electron chi connectivity index (χ3n) is 3.62. The topological polar surface area (TPSA) is 40.6 Å². The highest BCUT2D eigenvalue weighted by atomic mass is 32.2. The van der Waals surface area contributed by atoms with Crippen LogP contribution in [0.4, 0.5) is 4.39 Å². The normalized spacial score (nSPS) is 24.4. The van der Waals surface area contributed by atoms with E-state index in [0.717, 1.165) is 0 Å². The third kappa shape index (κ3) is 3.00. The molecule has 1 aromatic carbocycles. The molecular weight excluding hydrogens is 299 g/mol. The molecule has 0 N–H and O–H groups in total. The molecule has 2 rings (SSSR count). The number of nitrogens with zero attached hydrogens (tertiary/aromatic N) is 2. The highest BCUT2D eigenvalue weighted by Crippen LogP contribution is 2.28. The lowest BCUT2D eigenvalue weighted by molar-refractivity contribution is 0.306. The fourth-order valence-electron chi connectivity index (χ4n) is 2.40. The molecule has 20 heavy (non-hydrogen) atoms. The van der Waals surface area contributed by atoms with Crippen LogP contribution in [-0.2, 0) is 10.0 Å². The summed E-state index contributed by atoms with van der Waals surface area (Å²) in [5.41, 5.74) is 0. The first-order valence-electron chi connectivity index (χ1n) is 6.31. The molecule has 0 aromatic heterocycles. The largest absolute Gasteiger partial charge is 0.304 e. The van der Waals surface area contributed by atoms with Gasteiger partial charge in [0.2, 0.25) is 10.0 Å². The summed E-state index contributed by atoms with van der Waals surface area (Å²) in [5.74, 6) is -0.432. The van der Waals surface area contributed by atoms with Crippen LogP contribution >= 0.6 is 11.8 Å². The molecule has 0 amide bonds. The lowest BCUT2D eigenvalue weighted by Gasteiger charge is -2.23. The van der Waals surface area contributed by atoms with Crippen molar-refractivity contribution in [3.8, 4) is 0 Å². The second-order valence-corrected chi connectivity index (χ2v) is 8.10. The van der Waals surface area contributed by atoms with Crippen molar-refractivity contribution in [2.45, 2.75) is 16.2 Å². The molecule has 1 saturated heterocycles. The van der Waals surface area contributed by atoms with Gasteiger partial charge in [-0.2, -0.15) is 16.1 Å². The number of likely N-dealkylation sites (N-methyl/N-ethyl adjacent to an activating group) is 1. The van der Waals surface area contributed by atoms with Crippen molar-refractivity contribution in [1.82, 2.24) is 9.21 Å². The van der Waals surface area contributed by atoms with Crippen molar-refractivity contribution in [1.29, 1.82) is 0 Å². The molecule has 1 aliphatic rings. The summed E-state index contributed by atoms with van der Waals surface area (Å²) in [6.07, 6.45) is 2.00. The number of hydrogen-bond acceptors (Lipinski definition) is 4. The maximum Gasteiger partial charge on any atom is 0.243 e. The molecule has 0 unspecified atom stereocenters. The number of hydrogen-bond donors (Lipinski definition) is 0. The van der Waals surface area contributed by atoms with E-state index in [9.17, 15) is 12.8 Å². The SMILES string of the molecule is CS[C@@H]1CN(S(=O)(=O)c2ccc(F)cc2)C[C@@H]1N(C)C. The Kier molecular flexibility index (Phi) is 4.73. The average Bonchev–Trinajstić information content (AvgIpc) is 2.84. The van der Waals surface area contributed by atoms with E-state index in [2.05, 4.69) is 4.90 Å². The van der Waals surface area contributed by atoms with Crippen LogP contribution in [0.25, 0.3) is 0 Å². The van der Waals surface area contributed by atoms with Crippen LogP contribution in [-0.4, -0.2) is 62.4 Å². The van der Waals surface area contributed by atoms with E-state index in [4.69, 9.17) is 0 Å². The molecule has 1 aromatic rings. The fraction of sp³-hybridized carbons (Fsp3) is 0.538. The molecular formula is C13H19FN2O2S2. The molecule has 4 nitrogen and oxygen atoms in total. The van der Waals surface area contributed by atoms with Gasteiger partial charge in [-0.25, -0.2) is 12.8 Å². The van der Waals surface area contributed by atoms with Crippen molar-refractivity contribution in [2.24, 2.45) is 0 Å². The predicted octanol–water partition coefficient (Wildman–Crippen LogP) is 1.49. The quantitative estimate of drug-likeness (QED) is 0.843. The van der Waals surface area contributed by atoms with Gasteiger partial charge in [-0.1, -0.05) is 0 Å². The molecule has 2 atom stereocenters. The molecule has 1 aliphatic heterocycles. The lowest BCUT2D eigenvalue weighted by atomic mass is 10.2. The van der Waals surface area contributed by atoms with E-state index in [-0.39, 0.29) is 16.2 Å². The van der Waals surface area contributed by atoms with Gasteiger partial charge in [0.1, 0.15) is 5.82 Å². The summed E-state index contributed by atoms with van der Waals surface area (Å²) in [4.78, 5) is 2.21. The van der Waals surface area contributed by atoms with Crippen molar-refractivity contribution in [2.75, 3.05) is 33.4 Å². The molecule has 1 fully saturated rings. The van der Waals surface area contributed by atoms with Gasteiger partial charge in [0.25, 0.3) is 0 Å². The van der Waals surface area contributed by atoms with Crippen molar-refractivity contribution in [3.63, 3.8) is 0 Å². The Bertz CT molecular complexity index is 560. The molecule has 0 bridgehead atoms. The van der Waals surface area contributed by atoms with E-state index in [1.165, 1.54) is 28.6 Å². The second kappa shape index (κ2) is 6.01. The summed E-state index contributed by atoms with van der Waals surface area (Å²) in [6.45, 7) is 0.960. The van der Waals surface area contributed by atoms with Crippen molar-refractivity contribution < 1.29 is 12.8 Å². The predicted molar refractivity (Wildman–Crippen MR) is 79.9 cm³/mol. The van der Waals surface area contributed by atoms with Gasteiger partial charge >= 0.3 is 0 Å². The van der Waals surface area contributed by atoms with Gasteiger partial charge in [-0.3, -0.25) is 0 Å². The summed E-state index contributed by atoms with van der Waals surface area (Å²) in [5, 5.41) is 0.250. The molecule has 0 saturated carbocycles. The van der Waals surface area contributed by atoms with E-state index >= 15 is 0 Å². The summed E-state index contributed by atoms with van der Waals surface area (Å²) < 4.78 is 39.5. The third-order valence-corrected chi connectivity index (χ3v) is 6.54. The van der Waals surface area contributed by atoms with Gasteiger partial charge in [0, 0.05) is 24.4 Å². The molecule has 0 aliphatic carbocycles. The van der Waals surface area contributed by atoms with Crippen LogP contribution < -0.4 is 0 Å². The van der Waals surface area contributed by atoms with Gasteiger partial charge < -0.3 is 4.90 Å².